The van der Waals surface area contributed by atoms with Gasteiger partial charge in [-0.1, -0.05) is 0 Å². The molecule has 96 valence electrons. The van der Waals surface area contributed by atoms with Gasteiger partial charge in [-0.2, -0.15) is 5.10 Å². The third kappa shape index (κ3) is 3.00. The topological polar surface area (TPSA) is 46.0 Å². The maximum absolute atomic E-state index is 4.25. The van der Waals surface area contributed by atoms with Crippen molar-refractivity contribution in [3.63, 3.8) is 0 Å². The molecule has 0 radical (unpaired) electrons. The van der Waals surface area contributed by atoms with E-state index in [2.05, 4.69) is 40.3 Å². The first kappa shape index (κ1) is 12.4. The first-order chi connectivity index (χ1) is 8.69. The summed E-state index contributed by atoms with van der Waals surface area (Å²) in [4.78, 5) is 6.40. The zero-order chi connectivity index (χ0) is 13.0. The molecule has 0 aliphatic heterocycles. The number of aryl methyl sites for hydroxylation is 1. The summed E-state index contributed by atoms with van der Waals surface area (Å²) >= 11 is 0. The highest BCUT2D eigenvalue weighted by Gasteiger charge is 2.05. The molecule has 0 saturated heterocycles. The van der Waals surface area contributed by atoms with Crippen LogP contribution in [0.25, 0.3) is 0 Å². The Hall–Kier alpha value is -2.04. The molecule has 0 atom stereocenters. The van der Waals surface area contributed by atoms with E-state index in [0.717, 1.165) is 24.5 Å². The van der Waals surface area contributed by atoms with Crippen molar-refractivity contribution >= 4 is 11.4 Å². The van der Waals surface area contributed by atoms with Crippen molar-refractivity contribution in [2.45, 2.75) is 13.5 Å². The molecule has 0 aromatic carbocycles. The predicted octanol–water partition coefficient (Wildman–Crippen LogP) is 1.88. The second-order valence-corrected chi connectivity index (χ2v) is 4.34. The van der Waals surface area contributed by atoms with E-state index in [0.29, 0.717) is 0 Å². The Balaban J connectivity index is 2.08. The molecule has 2 rings (SSSR count). The fourth-order valence-electron chi connectivity index (χ4n) is 1.86. The van der Waals surface area contributed by atoms with E-state index in [9.17, 15) is 0 Å². The van der Waals surface area contributed by atoms with Crippen LogP contribution in [0.15, 0.2) is 30.9 Å². The normalized spacial score (nSPS) is 10.4. The maximum atomic E-state index is 4.25. The predicted molar refractivity (Wildman–Crippen MR) is 73.7 cm³/mol. The van der Waals surface area contributed by atoms with E-state index in [1.807, 2.05) is 36.5 Å². The first-order valence-electron chi connectivity index (χ1n) is 6.06. The molecule has 0 saturated carbocycles. The number of rotatable bonds is 5. The van der Waals surface area contributed by atoms with Gasteiger partial charge in [0.25, 0.3) is 0 Å². The van der Waals surface area contributed by atoms with Gasteiger partial charge in [-0.3, -0.25) is 9.67 Å². The van der Waals surface area contributed by atoms with E-state index < -0.39 is 0 Å². The SMILES string of the molecule is CCNc1cncc(N(C)Cc2cnn(C)c2)c1. The summed E-state index contributed by atoms with van der Waals surface area (Å²) in [5, 5.41) is 7.44. The lowest BCUT2D eigenvalue weighted by atomic mass is 10.3. The zero-order valence-electron chi connectivity index (χ0n) is 11.1. The summed E-state index contributed by atoms with van der Waals surface area (Å²) in [5.41, 5.74) is 3.33. The van der Waals surface area contributed by atoms with Gasteiger partial charge in [-0.25, -0.2) is 0 Å². The minimum absolute atomic E-state index is 0.825. The quantitative estimate of drug-likeness (QED) is 0.873. The Bertz CT molecular complexity index is 506. The van der Waals surface area contributed by atoms with E-state index in [1.54, 1.807) is 0 Å². The molecule has 0 spiro atoms. The van der Waals surface area contributed by atoms with Gasteiger partial charge in [-0.15, -0.1) is 0 Å². The second kappa shape index (κ2) is 5.53. The fourth-order valence-corrected chi connectivity index (χ4v) is 1.86. The molecule has 5 nitrogen and oxygen atoms in total. The molecule has 0 aliphatic carbocycles. The van der Waals surface area contributed by atoms with Gasteiger partial charge < -0.3 is 10.2 Å². The largest absolute Gasteiger partial charge is 0.384 e. The molecule has 5 heteroatoms. The Labute approximate surface area is 107 Å². The van der Waals surface area contributed by atoms with Crippen molar-refractivity contribution in [3.05, 3.63) is 36.4 Å². The van der Waals surface area contributed by atoms with Crippen LogP contribution >= 0.6 is 0 Å². The summed E-state index contributed by atoms with van der Waals surface area (Å²) in [6.07, 6.45) is 7.62. The van der Waals surface area contributed by atoms with Crippen molar-refractivity contribution in [1.29, 1.82) is 0 Å². The standard InChI is InChI=1S/C13H19N5/c1-4-15-12-5-13(8-14-7-12)17(2)9-11-6-16-18(3)10-11/h5-8,10,15H,4,9H2,1-3H3. The number of nitrogens with one attached hydrogen (secondary N) is 1. The Morgan fingerprint density at radius 1 is 1.33 bits per heavy atom. The molecule has 0 fully saturated rings. The number of nitrogens with zero attached hydrogens (tertiary/aromatic N) is 4. The molecule has 2 aromatic heterocycles. The monoisotopic (exact) mass is 245 g/mol. The molecular formula is C13H19N5. The highest BCUT2D eigenvalue weighted by Crippen LogP contribution is 2.18. The smallest absolute Gasteiger partial charge is 0.0573 e. The van der Waals surface area contributed by atoms with Crippen LogP contribution in [0.1, 0.15) is 12.5 Å². The van der Waals surface area contributed by atoms with Crippen LogP contribution < -0.4 is 10.2 Å². The molecule has 2 heterocycles. The Kier molecular flexibility index (Phi) is 3.82. The molecule has 0 aliphatic rings. The number of pyridine rings is 1. The molecule has 2 aromatic rings. The van der Waals surface area contributed by atoms with Gasteiger partial charge in [0.1, 0.15) is 0 Å². The lowest BCUT2D eigenvalue weighted by molar-refractivity contribution is 0.766. The van der Waals surface area contributed by atoms with Crippen LogP contribution in [-0.4, -0.2) is 28.4 Å². The van der Waals surface area contributed by atoms with Crippen LogP contribution in [0.3, 0.4) is 0 Å². The lowest BCUT2D eigenvalue weighted by Crippen LogP contribution is -2.16. The van der Waals surface area contributed by atoms with E-state index in [4.69, 9.17) is 0 Å². The number of hydrogen-bond donors (Lipinski definition) is 1. The first-order valence-corrected chi connectivity index (χ1v) is 6.06. The number of hydrogen-bond acceptors (Lipinski definition) is 4. The van der Waals surface area contributed by atoms with Crippen LogP contribution in [0, 0.1) is 0 Å². The van der Waals surface area contributed by atoms with Crippen molar-refractivity contribution in [2.24, 2.45) is 7.05 Å². The molecular weight excluding hydrogens is 226 g/mol. The van der Waals surface area contributed by atoms with Crippen LogP contribution in [0.2, 0.25) is 0 Å². The van der Waals surface area contributed by atoms with Crippen molar-refractivity contribution < 1.29 is 0 Å². The van der Waals surface area contributed by atoms with Crippen LogP contribution in [-0.2, 0) is 13.6 Å². The minimum Gasteiger partial charge on any atom is -0.384 e. The Morgan fingerprint density at radius 3 is 2.83 bits per heavy atom. The lowest BCUT2D eigenvalue weighted by Gasteiger charge is -2.18. The Morgan fingerprint density at radius 2 is 2.17 bits per heavy atom. The fraction of sp³-hybridized carbons (Fsp3) is 0.385. The summed E-state index contributed by atoms with van der Waals surface area (Å²) in [6.45, 7) is 3.80. The van der Waals surface area contributed by atoms with Gasteiger partial charge >= 0.3 is 0 Å². The number of aromatic nitrogens is 3. The highest BCUT2D eigenvalue weighted by molar-refractivity contribution is 5.55. The van der Waals surface area contributed by atoms with E-state index in [-0.39, 0.29) is 0 Å². The van der Waals surface area contributed by atoms with Crippen LogP contribution in [0.5, 0.6) is 0 Å². The second-order valence-electron chi connectivity index (χ2n) is 4.34. The summed E-state index contributed by atoms with van der Waals surface area (Å²) < 4.78 is 1.82. The van der Waals surface area contributed by atoms with Gasteiger partial charge in [0.05, 0.1) is 30.0 Å². The van der Waals surface area contributed by atoms with Crippen molar-refractivity contribution in [3.8, 4) is 0 Å². The molecule has 18 heavy (non-hydrogen) atoms. The summed E-state index contributed by atoms with van der Waals surface area (Å²) in [6, 6.07) is 2.10. The minimum atomic E-state index is 0.825. The summed E-state index contributed by atoms with van der Waals surface area (Å²) in [7, 11) is 3.98. The molecule has 0 unspecified atom stereocenters. The zero-order valence-corrected chi connectivity index (χ0v) is 11.1. The van der Waals surface area contributed by atoms with Gasteiger partial charge in [0, 0.05) is 38.9 Å². The van der Waals surface area contributed by atoms with Crippen LogP contribution in [0.4, 0.5) is 11.4 Å². The van der Waals surface area contributed by atoms with Crippen molar-refractivity contribution in [1.82, 2.24) is 14.8 Å². The van der Waals surface area contributed by atoms with Gasteiger partial charge in [-0.05, 0) is 13.0 Å². The highest BCUT2D eigenvalue weighted by atomic mass is 15.2. The third-order valence-electron chi connectivity index (χ3n) is 2.72. The third-order valence-corrected chi connectivity index (χ3v) is 2.72. The van der Waals surface area contributed by atoms with E-state index in [1.165, 1.54) is 5.56 Å². The molecule has 0 amide bonds. The van der Waals surface area contributed by atoms with Gasteiger partial charge in [0.2, 0.25) is 0 Å². The molecule has 1 N–H and O–H groups in total. The van der Waals surface area contributed by atoms with Crippen molar-refractivity contribution in [2.75, 3.05) is 23.8 Å². The molecule has 0 bridgehead atoms. The number of anilines is 2. The maximum Gasteiger partial charge on any atom is 0.0573 e. The average molecular weight is 245 g/mol. The summed E-state index contributed by atoms with van der Waals surface area (Å²) in [5.74, 6) is 0. The average Bonchev–Trinajstić information content (AvgIpc) is 2.75. The van der Waals surface area contributed by atoms with E-state index >= 15 is 0 Å². The van der Waals surface area contributed by atoms with Gasteiger partial charge in [0.15, 0.2) is 0 Å².